The minimum atomic E-state index is -0.238. The molecule has 0 atom stereocenters. The number of nitrogens with zero attached hydrogens (tertiary/aromatic N) is 1. The summed E-state index contributed by atoms with van der Waals surface area (Å²) >= 11 is 9.24. The number of amides is 1. The number of nitrogens with one attached hydrogen (secondary N) is 2. The summed E-state index contributed by atoms with van der Waals surface area (Å²) in [6, 6.07) is 8.51. The molecule has 1 aromatic carbocycles. The highest BCUT2D eigenvalue weighted by molar-refractivity contribution is 9.10. The Morgan fingerprint density at radius 3 is 2.76 bits per heavy atom. The number of carbonyl (C=O) groups is 1. The van der Waals surface area contributed by atoms with Crippen molar-refractivity contribution < 1.29 is 4.79 Å². The van der Waals surface area contributed by atoms with Crippen LogP contribution in [0.25, 0.3) is 0 Å². The van der Waals surface area contributed by atoms with E-state index in [0.29, 0.717) is 28.5 Å². The van der Waals surface area contributed by atoms with Crippen molar-refractivity contribution in [3.63, 3.8) is 0 Å². The van der Waals surface area contributed by atoms with Gasteiger partial charge in [0.05, 0.1) is 5.02 Å². The normalized spacial score (nSPS) is 10.3. The van der Waals surface area contributed by atoms with Gasteiger partial charge >= 0.3 is 0 Å². The van der Waals surface area contributed by atoms with Crippen LogP contribution in [0.5, 0.6) is 0 Å². The molecule has 2 aromatic rings. The Bertz CT molecular complexity index is 656. The first-order chi connectivity index (χ1) is 10.0. The number of hydrogen-bond donors (Lipinski definition) is 3. The number of hydrogen-bond acceptors (Lipinski definition) is 4. The molecule has 5 nitrogen and oxygen atoms in total. The number of aromatic nitrogens is 1. The molecule has 0 unspecified atom stereocenters. The molecule has 7 heteroatoms. The zero-order chi connectivity index (χ0) is 15.4. The van der Waals surface area contributed by atoms with Gasteiger partial charge in [0.25, 0.3) is 5.91 Å². The van der Waals surface area contributed by atoms with Crippen LogP contribution in [0.1, 0.15) is 23.0 Å². The number of nitrogens with two attached hydrogens (primary N) is 1. The van der Waals surface area contributed by atoms with Gasteiger partial charge in [-0.05, 0) is 52.7 Å². The lowest BCUT2D eigenvalue weighted by atomic mass is 10.1. The number of anilines is 2. The number of halogens is 2. The second kappa shape index (κ2) is 6.89. The largest absolute Gasteiger partial charge is 0.322 e. The van der Waals surface area contributed by atoms with E-state index in [1.165, 1.54) is 0 Å². The van der Waals surface area contributed by atoms with Gasteiger partial charge in [0, 0.05) is 21.4 Å². The maximum Gasteiger partial charge on any atom is 0.255 e. The first kappa shape index (κ1) is 15.8. The highest BCUT2D eigenvalue weighted by Gasteiger charge is 2.10. The number of aryl methyl sites for hydroxylation is 1. The molecule has 0 aliphatic carbocycles. The van der Waals surface area contributed by atoms with Crippen LogP contribution in [-0.4, -0.2) is 10.9 Å². The summed E-state index contributed by atoms with van der Waals surface area (Å²) in [5, 5.41) is 3.39. The van der Waals surface area contributed by atoms with E-state index in [4.69, 9.17) is 17.4 Å². The molecule has 2 rings (SSSR count). The van der Waals surface area contributed by atoms with E-state index < -0.39 is 0 Å². The molecule has 1 heterocycles. The van der Waals surface area contributed by atoms with E-state index in [-0.39, 0.29) is 5.91 Å². The van der Waals surface area contributed by atoms with Gasteiger partial charge in [0.1, 0.15) is 5.82 Å². The minimum Gasteiger partial charge on any atom is -0.322 e. The predicted octanol–water partition coefficient (Wildman–Crippen LogP) is 3.60. The highest BCUT2D eigenvalue weighted by Crippen LogP contribution is 2.26. The van der Waals surface area contributed by atoms with Gasteiger partial charge in [0.2, 0.25) is 0 Å². The van der Waals surface area contributed by atoms with Gasteiger partial charge in [-0.1, -0.05) is 18.5 Å². The monoisotopic (exact) mass is 368 g/mol. The summed E-state index contributed by atoms with van der Waals surface area (Å²) in [6.07, 6.45) is 0.711. The van der Waals surface area contributed by atoms with Gasteiger partial charge in [0.15, 0.2) is 0 Å². The molecular weight excluding hydrogens is 356 g/mol. The molecule has 0 aliphatic heterocycles. The minimum absolute atomic E-state index is 0.238. The SMILES string of the molecule is CCc1cc(C(=O)Nc2ccc(Cl)c(Br)c2)cc(NN)n1. The van der Waals surface area contributed by atoms with Crippen LogP contribution in [-0.2, 0) is 6.42 Å². The van der Waals surface area contributed by atoms with Crippen molar-refractivity contribution in [2.45, 2.75) is 13.3 Å². The maximum absolute atomic E-state index is 12.3. The quantitative estimate of drug-likeness (QED) is 0.568. The van der Waals surface area contributed by atoms with Crippen LogP contribution < -0.4 is 16.6 Å². The Morgan fingerprint density at radius 2 is 2.14 bits per heavy atom. The Kier molecular flexibility index (Phi) is 5.17. The molecule has 0 fully saturated rings. The number of benzene rings is 1. The summed E-state index contributed by atoms with van der Waals surface area (Å²) in [4.78, 5) is 16.5. The van der Waals surface area contributed by atoms with Crippen LogP contribution in [0.15, 0.2) is 34.8 Å². The molecule has 0 saturated carbocycles. The first-order valence-electron chi connectivity index (χ1n) is 6.27. The second-order valence-corrected chi connectivity index (χ2v) is 5.57. The molecule has 0 saturated heterocycles. The molecule has 110 valence electrons. The number of pyridine rings is 1. The molecule has 4 N–H and O–H groups in total. The van der Waals surface area contributed by atoms with Gasteiger partial charge in [-0.3, -0.25) is 4.79 Å². The lowest BCUT2D eigenvalue weighted by molar-refractivity contribution is 0.102. The molecule has 21 heavy (non-hydrogen) atoms. The number of carbonyl (C=O) groups excluding carboxylic acids is 1. The van der Waals surface area contributed by atoms with E-state index in [2.05, 4.69) is 31.7 Å². The second-order valence-electron chi connectivity index (χ2n) is 4.31. The van der Waals surface area contributed by atoms with E-state index in [9.17, 15) is 4.79 Å². The van der Waals surface area contributed by atoms with Gasteiger partial charge < -0.3 is 10.7 Å². The van der Waals surface area contributed by atoms with Crippen LogP contribution >= 0.6 is 27.5 Å². The predicted molar refractivity (Wildman–Crippen MR) is 88.5 cm³/mol. The topological polar surface area (TPSA) is 80.0 Å². The van der Waals surface area contributed by atoms with Crippen LogP contribution in [0.4, 0.5) is 11.5 Å². The summed E-state index contributed by atoms with van der Waals surface area (Å²) in [5.41, 5.74) is 4.38. The van der Waals surface area contributed by atoms with E-state index in [1.54, 1.807) is 30.3 Å². The smallest absolute Gasteiger partial charge is 0.255 e. The maximum atomic E-state index is 12.3. The summed E-state index contributed by atoms with van der Waals surface area (Å²) in [7, 11) is 0. The number of rotatable bonds is 4. The third-order valence-electron chi connectivity index (χ3n) is 2.83. The fourth-order valence-electron chi connectivity index (χ4n) is 1.75. The van der Waals surface area contributed by atoms with E-state index in [1.807, 2.05) is 6.92 Å². The van der Waals surface area contributed by atoms with Gasteiger partial charge in [-0.2, -0.15) is 0 Å². The fraction of sp³-hybridized carbons (Fsp3) is 0.143. The fourth-order valence-corrected chi connectivity index (χ4v) is 2.25. The van der Waals surface area contributed by atoms with Crippen molar-refractivity contribution in [2.75, 3.05) is 10.7 Å². The van der Waals surface area contributed by atoms with E-state index in [0.717, 1.165) is 10.2 Å². The van der Waals surface area contributed by atoms with Crippen LogP contribution in [0, 0.1) is 0 Å². The van der Waals surface area contributed by atoms with Crippen molar-refractivity contribution in [2.24, 2.45) is 5.84 Å². The Labute approximate surface area is 136 Å². The highest BCUT2D eigenvalue weighted by atomic mass is 79.9. The molecule has 1 aromatic heterocycles. The zero-order valence-electron chi connectivity index (χ0n) is 11.3. The van der Waals surface area contributed by atoms with Crippen molar-refractivity contribution in [3.05, 3.63) is 51.1 Å². The molecule has 0 aliphatic rings. The van der Waals surface area contributed by atoms with Crippen molar-refractivity contribution in [1.82, 2.24) is 4.98 Å². The summed E-state index contributed by atoms with van der Waals surface area (Å²) in [6.45, 7) is 1.96. The molecule has 1 amide bonds. The number of hydrazine groups is 1. The molecule has 0 radical (unpaired) electrons. The standard InChI is InChI=1S/C14H14BrClN4O/c1-2-9-5-8(6-13(18-9)20-17)14(21)19-10-3-4-12(16)11(15)7-10/h3-7H,2,17H2,1H3,(H,18,20)(H,19,21). The third kappa shape index (κ3) is 3.93. The van der Waals surface area contributed by atoms with Gasteiger partial charge in [-0.25, -0.2) is 10.8 Å². The summed E-state index contributed by atoms with van der Waals surface area (Å²) in [5.74, 6) is 5.58. The lowest BCUT2D eigenvalue weighted by Crippen LogP contribution is -2.15. The van der Waals surface area contributed by atoms with Crippen LogP contribution in [0.3, 0.4) is 0 Å². The number of nitrogen functional groups attached to an aromatic ring is 1. The third-order valence-corrected chi connectivity index (χ3v) is 4.04. The van der Waals surface area contributed by atoms with Crippen molar-refractivity contribution in [3.8, 4) is 0 Å². The Balaban J connectivity index is 2.25. The Morgan fingerprint density at radius 1 is 1.38 bits per heavy atom. The first-order valence-corrected chi connectivity index (χ1v) is 7.44. The average Bonchev–Trinajstić information content (AvgIpc) is 2.50. The van der Waals surface area contributed by atoms with Gasteiger partial charge in [-0.15, -0.1) is 0 Å². The average molecular weight is 370 g/mol. The van der Waals surface area contributed by atoms with E-state index >= 15 is 0 Å². The Hall–Kier alpha value is -1.63. The lowest BCUT2D eigenvalue weighted by Gasteiger charge is -2.09. The van der Waals surface area contributed by atoms with Crippen molar-refractivity contribution in [1.29, 1.82) is 0 Å². The zero-order valence-corrected chi connectivity index (χ0v) is 13.6. The molecule has 0 spiro atoms. The van der Waals surface area contributed by atoms with Crippen molar-refractivity contribution >= 4 is 44.9 Å². The molecular formula is C14H14BrClN4O. The summed E-state index contributed by atoms with van der Waals surface area (Å²) < 4.78 is 0.718. The molecule has 0 bridgehead atoms. The van der Waals surface area contributed by atoms with Crippen LogP contribution in [0.2, 0.25) is 5.02 Å².